The summed E-state index contributed by atoms with van der Waals surface area (Å²) in [7, 11) is 0. The van der Waals surface area contributed by atoms with E-state index in [9.17, 15) is 0 Å². The van der Waals surface area contributed by atoms with E-state index in [1.807, 2.05) is 18.6 Å². The number of fused-ring (bicyclic) bond motifs is 1. The van der Waals surface area contributed by atoms with Crippen molar-refractivity contribution in [3.8, 4) is 0 Å². The average molecular weight is 321 g/mol. The van der Waals surface area contributed by atoms with Gasteiger partial charge in [-0.05, 0) is 32.0 Å². The lowest BCUT2D eigenvalue weighted by atomic mass is 10.0. The maximum absolute atomic E-state index is 4.73. The van der Waals surface area contributed by atoms with Gasteiger partial charge in [0.15, 0.2) is 0 Å². The summed E-state index contributed by atoms with van der Waals surface area (Å²) in [5.74, 6) is 1.03. The van der Waals surface area contributed by atoms with Crippen molar-refractivity contribution in [1.82, 2.24) is 19.9 Å². The fourth-order valence-corrected chi connectivity index (χ4v) is 3.54. The van der Waals surface area contributed by atoms with Crippen LogP contribution in [0.5, 0.6) is 0 Å². The smallest absolute Gasteiger partial charge is 0.129 e. The first-order chi connectivity index (χ1) is 11.8. The summed E-state index contributed by atoms with van der Waals surface area (Å²) in [4.78, 5) is 11.7. The van der Waals surface area contributed by atoms with Crippen molar-refractivity contribution in [1.29, 1.82) is 0 Å². The molecule has 124 valence electrons. The van der Waals surface area contributed by atoms with E-state index in [0.29, 0.717) is 6.04 Å². The van der Waals surface area contributed by atoms with Crippen LogP contribution in [-0.4, -0.2) is 34.2 Å². The molecule has 2 aromatic heterocycles. The highest BCUT2D eigenvalue weighted by molar-refractivity contribution is 5.80. The first kappa shape index (κ1) is 15.1. The number of para-hydroxylation sites is 1. The Morgan fingerprint density at radius 2 is 2.04 bits per heavy atom. The lowest BCUT2D eigenvalue weighted by molar-refractivity contribution is 0.488. The first-order valence-corrected chi connectivity index (χ1v) is 8.59. The Hall–Kier alpha value is -2.40. The van der Waals surface area contributed by atoms with Crippen molar-refractivity contribution in [3.63, 3.8) is 0 Å². The highest BCUT2D eigenvalue weighted by Crippen LogP contribution is 2.31. The Morgan fingerprint density at radius 1 is 1.12 bits per heavy atom. The van der Waals surface area contributed by atoms with Crippen molar-refractivity contribution in [3.05, 3.63) is 54.5 Å². The number of nitrogens with one attached hydrogen (secondary N) is 1. The number of aromatic nitrogens is 3. The van der Waals surface area contributed by atoms with E-state index in [1.54, 1.807) is 0 Å². The summed E-state index contributed by atoms with van der Waals surface area (Å²) in [6.07, 6.45) is 3.82. The van der Waals surface area contributed by atoms with Gasteiger partial charge in [-0.3, -0.25) is 0 Å². The zero-order valence-electron chi connectivity index (χ0n) is 14.2. The Balaban J connectivity index is 1.80. The first-order valence-electron chi connectivity index (χ1n) is 8.59. The van der Waals surface area contributed by atoms with Gasteiger partial charge in [0.25, 0.3) is 0 Å². The number of hydrogen-bond donors (Lipinski definition) is 1. The minimum absolute atomic E-state index is 0.243. The minimum Gasteiger partial charge on any atom is -0.347 e. The third kappa shape index (κ3) is 2.55. The molecule has 0 spiro atoms. The van der Waals surface area contributed by atoms with E-state index in [-0.39, 0.29) is 6.04 Å². The number of nitrogens with zero attached hydrogens (tertiary/aromatic N) is 4. The van der Waals surface area contributed by atoms with Crippen molar-refractivity contribution >= 4 is 16.9 Å². The van der Waals surface area contributed by atoms with Crippen LogP contribution in [0.4, 0.5) is 5.82 Å². The summed E-state index contributed by atoms with van der Waals surface area (Å²) in [5, 5.41) is 3.52. The molecule has 24 heavy (non-hydrogen) atoms. The van der Waals surface area contributed by atoms with Crippen molar-refractivity contribution in [2.24, 2.45) is 0 Å². The van der Waals surface area contributed by atoms with Crippen LogP contribution >= 0.6 is 0 Å². The number of rotatable bonds is 3. The summed E-state index contributed by atoms with van der Waals surface area (Å²) >= 11 is 0. The lowest BCUT2D eigenvalue weighted by Crippen LogP contribution is -2.46. The molecule has 0 saturated carbocycles. The molecule has 4 rings (SSSR count). The Kier molecular flexibility index (Phi) is 3.94. The molecule has 1 N–H and O–H groups in total. The maximum atomic E-state index is 4.73. The highest BCUT2D eigenvalue weighted by Gasteiger charge is 2.27. The highest BCUT2D eigenvalue weighted by atomic mass is 15.3. The van der Waals surface area contributed by atoms with Gasteiger partial charge >= 0.3 is 0 Å². The normalized spacial score (nSPS) is 18.5. The van der Waals surface area contributed by atoms with Crippen molar-refractivity contribution < 1.29 is 0 Å². The molecule has 1 aliphatic heterocycles. The lowest BCUT2D eigenvalue weighted by Gasteiger charge is -2.37. The number of hydrogen-bond acceptors (Lipinski definition) is 4. The molecular formula is C19H23N5. The standard InChI is InChI=1S/C19H23N5/c1-14(2)24-13-22-19-15(6-5-7-16(19)24)17-12-20-10-11-23(17)18-8-3-4-9-21-18/h3-9,13-14,17,20H,10-12H2,1-2H3. The Bertz CT molecular complexity index is 824. The monoisotopic (exact) mass is 321 g/mol. The fraction of sp³-hybridized carbons (Fsp3) is 0.368. The number of pyridine rings is 1. The molecule has 1 unspecified atom stereocenters. The van der Waals surface area contributed by atoms with Gasteiger partial charge in [0.1, 0.15) is 5.82 Å². The third-order valence-electron chi connectivity index (χ3n) is 4.74. The van der Waals surface area contributed by atoms with Crippen LogP contribution in [0.3, 0.4) is 0 Å². The van der Waals surface area contributed by atoms with Gasteiger partial charge in [-0.2, -0.15) is 0 Å². The maximum Gasteiger partial charge on any atom is 0.129 e. The zero-order chi connectivity index (χ0) is 16.5. The SMILES string of the molecule is CC(C)n1cnc2c(C3CNCCN3c3ccccn3)cccc21. The van der Waals surface area contributed by atoms with Gasteiger partial charge in [-0.15, -0.1) is 0 Å². The van der Waals surface area contributed by atoms with E-state index in [2.05, 4.69) is 63.9 Å². The van der Waals surface area contributed by atoms with Gasteiger partial charge < -0.3 is 14.8 Å². The Labute approximate surface area is 142 Å². The second-order valence-electron chi connectivity index (χ2n) is 6.56. The number of benzene rings is 1. The quantitative estimate of drug-likeness (QED) is 0.805. The Morgan fingerprint density at radius 3 is 2.83 bits per heavy atom. The van der Waals surface area contributed by atoms with Gasteiger partial charge in [-0.1, -0.05) is 18.2 Å². The molecular weight excluding hydrogens is 298 g/mol. The topological polar surface area (TPSA) is 46.0 Å². The van der Waals surface area contributed by atoms with Crippen molar-refractivity contribution in [2.75, 3.05) is 24.5 Å². The van der Waals surface area contributed by atoms with Gasteiger partial charge in [0.2, 0.25) is 0 Å². The molecule has 0 amide bonds. The third-order valence-corrected chi connectivity index (χ3v) is 4.74. The second-order valence-corrected chi connectivity index (χ2v) is 6.56. The van der Waals surface area contributed by atoms with E-state index in [4.69, 9.17) is 4.98 Å². The zero-order valence-corrected chi connectivity index (χ0v) is 14.2. The van der Waals surface area contributed by atoms with Gasteiger partial charge in [0.05, 0.1) is 23.4 Å². The molecule has 3 heterocycles. The predicted octanol–water partition coefficient (Wildman–Crippen LogP) is 3.16. The molecule has 5 nitrogen and oxygen atoms in total. The van der Waals surface area contributed by atoms with Crippen LogP contribution in [0.15, 0.2) is 48.9 Å². The molecule has 1 aliphatic rings. The molecule has 0 radical (unpaired) electrons. The summed E-state index contributed by atoms with van der Waals surface area (Å²) in [6.45, 7) is 7.21. The van der Waals surface area contributed by atoms with Crippen LogP contribution in [0.2, 0.25) is 0 Å². The predicted molar refractivity (Wildman–Crippen MR) is 97.3 cm³/mol. The van der Waals surface area contributed by atoms with Crippen LogP contribution in [0.25, 0.3) is 11.0 Å². The largest absolute Gasteiger partial charge is 0.347 e. The van der Waals surface area contributed by atoms with Crippen LogP contribution in [0.1, 0.15) is 31.5 Å². The summed E-state index contributed by atoms with van der Waals surface area (Å²) < 4.78 is 2.24. The molecule has 0 bridgehead atoms. The van der Waals surface area contributed by atoms with E-state index in [0.717, 1.165) is 31.0 Å². The summed E-state index contributed by atoms with van der Waals surface area (Å²) in [6, 6.07) is 13.3. The fourth-order valence-electron chi connectivity index (χ4n) is 3.54. The average Bonchev–Trinajstić information content (AvgIpc) is 3.07. The van der Waals surface area contributed by atoms with E-state index in [1.165, 1.54) is 11.1 Å². The molecule has 1 atom stereocenters. The second kappa shape index (κ2) is 6.24. The molecule has 1 fully saturated rings. The number of piperazine rings is 1. The minimum atomic E-state index is 0.243. The van der Waals surface area contributed by atoms with E-state index < -0.39 is 0 Å². The van der Waals surface area contributed by atoms with Gasteiger partial charge in [0, 0.05) is 37.4 Å². The van der Waals surface area contributed by atoms with Crippen LogP contribution in [0, 0.1) is 0 Å². The van der Waals surface area contributed by atoms with Crippen LogP contribution < -0.4 is 10.2 Å². The van der Waals surface area contributed by atoms with Gasteiger partial charge in [-0.25, -0.2) is 9.97 Å². The molecule has 5 heteroatoms. The molecule has 3 aromatic rings. The molecule has 0 aliphatic carbocycles. The van der Waals surface area contributed by atoms with E-state index >= 15 is 0 Å². The number of anilines is 1. The summed E-state index contributed by atoms with van der Waals surface area (Å²) in [5.41, 5.74) is 3.57. The van der Waals surface area contributed by atoms with Crippen LogP contribution in [-0.2, 0) is 0 Å². The number of imidazole rings is 1. The molecule has 1 aromatic carbocycles. The van der Waals surface area contributed by atoms with Crippen molar-refractivity contribution in [2.45, 2.75) is 25.9 Å². The molecule has 1 saturated heterocycles.